The summed E-state index contributed by atoms with van der Waals surface area (Å²) in [5.74, 6) is -0.538. The Bertz CT molecular complexity index is 448. The van der Waals surface area contributed by atoms with Crippen molar-refractivity contribution in [3.63, 3.8) is 0 Å². The van der Waals surface area contributed by atoms with Crippen LogP contribution >= 0.6 is 12.2 Å². The molecule has 1 aromatic rings. The quantitative estimate of drug-likeness (QED) is 0.808. The van der Waals surface area contributed by atoms with E-state index in [1.807, 2.05) is 0 Å². The summed E-state index contributed by atoms with van der Waals surface area (Å²) in [7, 11) is 0. The van der Waals surface area contributed by atoms with Crippen LogP contribution in [0.4, 0.5) is 4.39 Å². The lowest BCUT2D eigenvalue weighted by Crippen LogP contribution is -2.30. The molecule has 92 valence electrons. The molecule has 0 aliphatic rings. The van der Waals surface area contributed by atoms with E-state index < -0.39 is 0 Å². The highest BCUT2D eigenvalue weighted by atomic mass is 32.1. The number of nitrogens with one attached hydrogen (secondary N) is 1. The van der Waals surface area contributed by atoms with E-state index in [1.165, 1.54) is 6.07 Å². The van der Waals surface area contributed by atoms with Gasteiger partial charge in [-0.25, -0.2) is 4.39 Å². The Morgan fingerprint density at radius 3 is 2.76 bits per heavy atom. The monoisotopic (exact) mass is 254 g/mol. The van der Waals surface area contributed by atoms with Crippen LogP contribution < -0.4 is 11.1 Å². The zero-order valence-corrected chi connectivity index (χ0v) is 10.6. The van der Waals surface area contributed by atoms with E-state index in [0.717, 1.165) is 0 Å². The number of hydrogen-bond donors (Lipinski definition) is 2. The fourth-order valence-corrected chi connectivity index (χ4v) is 1.54. The van der Waals surface area contributed by atoms with E-state index in [4.69, 9.17) is 5.73 Å². The van der Waals surface area contributed by atoms with Crippen molar-refractivity contribution in [3.8, 4) is 0 Å². The lowest BCUT2D eigenvalue weighted by atomic mass is 10.1. The fraction of sp³-hybridized carbons (Fsp3) is 0.333. The predicted molar refractivity (Wildman–Crippen MR) is 69.1 cm³/mol. The second-order valence-electron chi connectivity index (χ2n) is 3.94. The summed E-state index contributed by atoms with van der Waals surface area (Å²) in [5.41, 5.74) is 6.55. The van der Waals surface area contributed by atoms with E-state index in [1.54, 1.807) is 26.0 Å². The van der Waals surface area contributed by atoms with Gasteiger partial charge in [0.25, 0.3) is 0 Å². The molecule has 3 N–H and O–H groups in total. The molecule has 1 atom stereocenters. The topological polar surface area (TPSA) is 55.1 Å². The number of nitrogens with two attached hydrogens (primary N) is 1. The molecule has 3 nitrogen and oxygen atoms in total. The second kappa shape index (κ2) is 5.72. The molecule has 1 aromatic carbocycles. The van der Waals surface area contributed by atoms with Gasteiger partial charge in [0, 0.05) is 0 Å². The van der Waals surface area contributed by atoms with Crippen LogP contribution in [-0.4, -0.2) is 10.9 Å². The zero-order chi connectivity index (χ0) is 13.0. The van der Waals surface area contributed by atoms with Crippen molar-refractivity contribution < 1.29 is 9.18 Å². The molecule has 1 unspecified atom stereocenters. The van der Waals surface area contributed by atoms with Crippen LogP contribution in [0.5, 0.6) is 0 Å². The molecule has 0 fully saturated rings. The zero-order valence-electron chi connectivity index (χ0n) is 9.79. The number of hydrogen-bond acceptors (Lipinski definition) is 2. The first-order valence-corrected chi connectivity index (χ1v) is 5.64. The van der Waals surface area contributed by atoms with Gasteiger partial charge in [0.2, 0.25) is 5.91 Å². The highest BCUT2D eigenvalue weighted by Crippen LogP contribution is 2.16. The lowest BCUT2D eigenvalue weighted by molar-refractivity contribution is -0.120. The van der Waals surface area contributed by atoms with E-state index in [2.05, 4.69) is 17.5 Å². The van der Waals surface area contributed by atoms with E-state index in [9.17, 15) is 9.18 Å². The van der Waals surface area contributed by atoms with Gasteiger partial charge >= 0.3 is 0 Å². The van der Waals surface area contributed by atoms with Crippen molar-refractivity contribution in [1.29, 1.82) is 0 Å². The third-order valence-electron chi connectivity index (χ3n) is 2.41. The van der Waals surface area contributed by atoms with Gasteiger partial charge in [0.1, 0.15) is 5.82 Å². The summed E-state index contributed by atoms with van der Waals surface area (Å²) in [5, 5.41) is 2.70. The molecule has 0 aliphatic carbocycles. The fourth-order valence-electron chi connectivity index (χ4n) is 1.41. The number of rotatable bonds is 4. The third-order valence-corrected chi connectivity index (χ3v) is 2.55. The minimum atomic E-state index is -0.280. The van der Waals surface area contributed by atoms with Crippen LogP contribution in [0.25, 0.3) is 0 Å². The minimum Gasteiger partial charge on any atom is -0.393 e. The maximum absolute atomic E-state index is 13.3. The normalized spacial score (nSPS) is 11.9. The Hall–Kier alpha value is -1.49. The van der Waals surface area contributed by atoms with Gasteiger partial charge in [-0.3, -0.25) is 4.79 Å². The molecule has 0 saturated carbocycles. The summed E-state index contributed by atoms with van der Waals surface area (Å²) in [4.78, 5) is 11.6. The molecule has 5 heteroatoms. The van der Waals surface area contributed by atoms with Crippen LogP contribution in [0.3, 0.4) is 0 Å². The molecular formula is C12H15FN2OS. The van der Waals surface area contributed by atoms with Gasteiger partial charge in [-0.05, 0) is 31.0 Å². The standard InChI is InChI=1S/C12H15FN2OS/c1-7-3-4-9(5-10(7)13)8(2)15-12(16)6-11(14)17/h3-5,8H,6H2,1-2H3,(H2,14,17)(H,15,16). The molecule has 0 aromatic heterocycles. The van der Waals surface area contributed by atoms with Crippen molar-refractivity contribution >= 4 is 23.1 Å². The molecule has 0 bridgehead atoms. The highest BCUT2D eigenvalue weighted by molar-refractivity contribution is 7.80. The molecule has 0 heterocycles. The van der Waals surface area contributed by atoms with Gasteiger partial charge in [0.15, 0.2) is 0 Å². The van der Waals surface area contributed by atoms with Gasteiger partial charge < -0.3 is 11.1 Å². The van der Waals surface area contributed by atoms with Gasteiger partial charge in [-0.1, -0.05) is 24.4 Å². The number of carbonyl (C=O) groups excluding carboxylic acids is 1. The molecule has 1 rings (SSSR count). The molecular weight excluding hydrogens is 239 g/mol. The van der Waals surface area contributed by atoms with E-state index >= 15 is 0 Å². The second-order valence-corrected chi connectivity index (χ2v) is 4.47. The summed E-state index contributed by atoms with van der Waals surface area (Å²) < 4.78 is 13.3. The molecule has 0 aliphatic heterocycles. The average molecular weight is 254 g/mol. The lowest BCUT2D eigenvalue weighted by Gasteiger charge is -2.14. The van der Waals surface area contributed by atoms with Crippen molar-refractivity contribution in [3.05, 3.63) is 35.1 Å². The first-order valence-electron chi connectivity index (χ1n) is 5.24. The number of halogens is 1. The number of aryl methyl sites for hydroxylation is 1. The highest BCUT2D eigenvalue weighted by Gasteiger charge is 2.11. The first kappa shape index (κ1) is 13.6. The van der Waals surface area contributed by atoms with Crippen LogP contribution in [0.15, 0.2) is 18.2 Å². The van der Waals surface area contributed by atoms with Crippen LogP contribution in [0.1, 0.15) is 30.5 Å². The molecule has 0 radical (unpaired) electrons. The van der Waals surface area contributed by atoms with Crippen molar-refractivity contribution in [2.75, 3.05) is 0 Å². The molecule has 0 spiro atoms. The minimum absolute atomic E-state index is 0.00795. The number of carbonyl (C=O) groups is 1. The number of benzene rings is 1. The Morgan fingerprint density at radius 1 is 1.59 bits per heavy atom. The summed E-state index contributed by atoms with van der Waals surface area (Å²) in [6, 6.07) is 4.61. The van der Waals surface area contributed by atoms with Gasteiger partial charge in [0.05, 0.1) is 17.5 Å². The van der Waals surface area contributed by atoms with Crippen molar-refractivity contribution in [1.82, 2.24) is 5.32 Å². The Morgan fingerprint density at radius 2 is 2.24 bits per heavy atom. The molecule has 0 saturated heterocycles. The first-order chi connectivity index (χ1) is 7.90. The van der Waals surface area contributed by atoms with E-state index in [-0.39, 0.29) is 29.2 Å². The molecule has 1 amide bonds. The largest absolute Gasteiger partial charge is 0.393 e. The predicted octanol–water partition coefficient (Wildman–Crippen LogP) is 1.99. The SMILES string of the molecule is Cc1ccc(C(C)NC(=O)CC(N)=S)cc1F. The summed E-state index contributed by atoms with van der Waals surface area (Å²) in [6.45, 7) is 3.47. The van der Waals surface area contributed by atoms with E-state index in [0.29, 0.717) is 11.1 Å². The maximum Gasteiger partial charge on any atom is 0.227 e. The third kappa shape index (κ3) is 4.11. The number of amides is 1. The smallest absolute Gasteiger partial charge is 0.227 e. The maximum atomic E-state index is 13.3. The van der Waals surface area contributed by atoms with Crippen LogP contribution in [-0.2, 0) is 4.79 Å². The molecule has 17 heavy (non-hydrogen) atoms. The summed E-state index contributed by atoms with van der Waals surface area (Å²) >= 11 is 4.64. The number of thiocarbonyl (C=S) groups is 1. The Balaban J connectivity index is 2.69. The van der Waals surface area contributed by atoms with Gasteiger partial charge in [-0.15, -0.1) is 0 Å². The van der Waals surface area contributed by atoms with Gasteiger partial charge in [-0.2, -0.15) is 0 Å². The van der Waals surface area contributed by atoms with Crippen LogP contribution in [0.2, 0.25) is 0 Å². The Kier molecular flexibility index (Phi) is 4.57. The van der Waals surface area contributed by atoms with Crippen molar-refractivity contribution in [2.45, 2.75) is 26.3 Å². The Labute approximate surface area is 105 Å². The van der Waals surface area contributed by atoms with Crippen LogP contribution in [0, 0.1) is 12.7 Å². The summed E-state index contributed by atoms with van der Waals surface area (Å²) in [6.07, 6.45) is 0.00795. The van der Waals surface area contributed by atoms with Crippen molar-refractivity contribution in [2.24, 2.45) is 5.73 Å². The average Bonchev–Trinajstić information content (AvgIpc) is 2.20.